The molecule has 1 amide bonds. The largest absolute Gasteiger partial charge is 0.280 e. The monoisotopic (exact) mass is 581 g/mol. The number of hydrogen-bond donors (Lipinski definition) is 1. The Balaban J connectivity index is 1.36. The normalized spacial score (nSPS) is 19.5. The first kappa shape index (κ1) is 27.0. The van der Waals surface area contributed by atoms with E-state index in [2.05, 4.69) is 22.9 Å². The van der Waals surface area contributed by atoms with E-state index in [1.54, 1.807) is 41.4 Å². The second-order valence-corrected chi connectivity index (χ2v) is 12.3. The lowest BCUT2D eigenvalue weighted by Gasteiger charge is -2.29. The van der Waals surface area contributed by atoms with Crippen molar-refractivity contribution < 1.29 is 13.2 Å². The molecule has 0 saturated heterocycles. The van der Waals surface area contributed by atoms with Gasteiger partial charge in [0.05, 0.1) is 16.6 Å². The van der Waals surface area contributed by atoms with Gasteiger partial charge < -0.3 is 0 Å². The molecule has 1 fully saturated rings. The zero-order valence-electron chi connectivity index (χ0n) is 22.2. The minimum Gasteiger partial charge on any atom is -0.280 e. The van der Waals surface area contributed by atoms with Gasteiger partial charge in [0.2, 0.25) is 0 Å². The van der Waals surface area contributed by atoms with Gasteiger partial charge in [0.1, 0.15) is 0 Å². The maximum absolute atomic E-state index is 14.1. The molecule has 1 heterocycles. The molecule has 1 N–H and O–H groups in total. The molecule has 2 unspecified atom stereocenters. The number of sulfonamides is 1. The molecule has 6 nitrogen and oxygen atoms in total. The average molecular weight is 582 g/mol. The van der Waals surface area contributed by atoms with Crippen LogP contribution in [0.1, 0.15) is 46.8 Å². The van der Waals surface area contributed by atoms with Crippen molar-refractivity contribution in [2.24, 2.45) is 11.0 Å². The molecule has 8 heteroatoms. The number of rotatable bonds is 6. The van der Waals surface area contributed by atoms with Crippen LogP contribution in [0.2, 0.25) is 5.02 Å². The van der Waals surface area contributed by atoms with Crippen LogP contribution in [-0.4, -0.2) is 25.0 Å². The van der Waals surface area contributed by atoms with E-state index in [0.717, 1.165) is 41.7 Å². The summed E-state index contributed by atoms with van der Waals surface area (Å²) in [5.74, 6) is -0.299. The van der Waals surface area contributed by atoms with Crippen molar-refractivity contribution >= 4 is 45.0 Å². The van der Waals surface area contributed by atoms with Crippen molar-refractivity contribution in [3.63, 3.8) is 0 Å². The molecule has 4 aromatic carbocycles. The molecule has 0 bridgehead atoms. The third-order valence-corrected chi connectivity index (χ3v) is 9.11. The summed E-state index contributed by atoms with van der Waals surface area (Å²) in [7, 11) is -3.94. The van der Waals surface area contributed by atoms with E-state index in [-0.39, 0.29) is 28.3 Å². The maximum atomic E-state index is 14.1. The molecular formula is C33H28ClN3O3S. The Morgan fingerprint density at radius 1 is 0.902 bits per heavy atom. The molecule has 0 radical (unpaired) electrons. The Hall–Kier alpha value is -4.20. The van der Waals surface area contributed by atoms with Gasteiger partial charge in [0.15, 0.2) is 0 Å². The number of allylic oxidation sites excluding steroid dienone is 1. The van der Waals surface area contributed by atoms with E-state index >= 15 is 0 Å². The number of anilines is 1. The topological polar surface area (TPSA) is 78.8 Å². The van der Waals surface area contributed by atoms with Gasteiger partial charge in [0, 0.05) is 22.2 Å². The van der Waals surface area contributed by atoms with Crippen LogP contribution in [0.5, 0.6) is 0 Å². The lowest BCUT2D eigenvalue weighted by molar-refractivity contribution is 0.0680. The summed E-state index contributed by atoms with van der Waals surface area (Å²) in [6.45, 7) is 0. The molecule has 2 aliphatic rings. The minimum atomic E-state index is -3.94. The standard InChI is InChI=1S/C33H28ClN3O3S/c34-27-17-19-28(20-18-27)36-41(39,40)29-15-7-14-26(22-29)33(38)37-32(24-11-5-2-6-12-24)30-16-8-13-25(31(30)35-37)21-23-9-3-1-4-10-23/h1-7,9-12,14-15,17-22,30,32,36H,8,13,16H2/b25-21-. The van der Waals surface area contributed by atoms with Gasteiger partial charge in [-0.1, -0.05) is 78.3 Å². The quantitative estimate of drug-likeness (QED) is 0.255. The van der Waals surface area contributed by atoms with E-state index in [1.165, 1.54) is 12.1 Å². The third-order valence-electron chi connectivity index (χ3n) is 7.48. The number of hydrazone groups is 1. The molecule has 41 heavy (non-hydrogen) atoms. The zero-order chi connectivity index (χ0) is 28.4. The summed E-state index contributed by atoms with van der Waals surface area (Å²) in [6.07, 6.45) is 4.96. The molecule has 0 spiro atoms. The van der Waals surface area contributed by atoms with Crippen LogP contribution in [0.3, 0.4) is 0 Å². The van der Waals surface area contributed by atoms with Crippen molar-refractivity contribution in [3.8, 4) is 0 Å². The van der Waals surface area contributed by atoms with Crippen LogP contribution in [0.4, 0.5) is 5.69 Å². The van der Waals surface area contributed by atoms with E-state index in [9.17, 15) is 13.2 Å². The van der Waals surface area contributed by atoms with E-state index in [4.69, 9.17) is 16.7 Å². The average Bonchev–Trinajstić information content (AvgIpc) is 3.40. The second-order valence-electron chi connectivity index (χ2n) is 10.2. The van der Waals surface area contributed by atoms with E-state index in [0.29, 0.717) is 10.7 Å². The number of amides is 1. The van der Waals surface area contributed by atoms with Gasteiger partial charge in [0.25, 0.3) is 15.9 Å². The summed E-state index contributed by atoms with van der Waals surface area (Å²) in [5.41, 5.74) is 4.78. The lowest BCUT2D eigenvalue weighted by atomic mass is 9.77. The number of hydrogen-bond acceptors (Lipinski definition) is 4. The van der Waals surface area contributed by atoms with Crippen molar-refractivity contribution in [2.75, 3.05) is 4.72 Å². The Bertz CT molecular complexity index is 1740. The predicted molar refractivity (Wildman–Crippen MR) is 163 cm³/mol. The van der Waals surface area contributed by atoms with E-state index < -0.39 is 10.0 Å². The van der Waals surface area contributed by atoms with Crippen LogP contribution in [0.25, 0.3) is 6.08 Å². The Kier molecular flexibility index (Phi) is 7.47. The maximum Gasteiger partial charge on any atom is 0.274 e. The zero-order valence-corrected chi connectivity index (χ0v) is 23.7. The van der Waals surface area contributed by atoms with Gasteiger partial charge in [-0.3, -0.25) is 9.52 Å². The van der Waals surface area contributed by atoms with Crippen molar-refractivity contribution in [1.29, 1.82) is 0 Å². The fraction of sp³-hybridized carbons (Fsp3) is 0.152. The van der Waals surface area contributed by atoms with Gasteiger partial charge in [-0.2, -0.15) is 5.10 Å². The molecule has 1 aliphatic heterocycles. The van der Waals surface area contributed by atoms with Gasteiger partial charge >= 0.3 is 0 Å². The van der Waals surface area contributed by atoms with Crippen LogP contribution >= 0.6 is 11.6 Å². The SMILES string of the molecule is O=C(c1cccc(S(=O)(=O)Nc2ccc(Cl)cc2)c1)N1N=C2/C(=C\c3ccccc3)CCCC2C1c1ccccc1. The van der Waals surface area contributed by atoms with Crippen LogP contribution in [-0.2, 0) is 10.0 Å². The number of fused-ring (bicyclic) bond motifs is 1. The molecule has 2 atom stereocenters. The molecule has 1 saturated carbocycles. The Morgan fingerprint density at radius 2 is 1.61 bits per heavy atom. The fourth-order valence-electron chi connectivity index (χ4n) is 5.56. The van der Waals surface area contributed by atoms with Crippen LogP contribution in [0, 0.1) is 5.92 Å². The number of benzene rings is 4. The van der Waals surface area contributed by atoms with Gasteiger partial charge in [-0.05, 0) is 84.5 Å². The molecule has 4 aromatic rings. The van der Waals surface area contributed by atoms with Crippen molar-refractivity contribution in [2.45, 2.75) is 30.2 Å². The highest BCUT2D eigenvalue weighted by Gasteiger charge is 2.44. The molecular weight excluding hydrogens is 554 g/mol. The summed E-state index contributed by atoms with van der Waals surface area (Å²) in [5, 5.41) is 7.00. The lowest BCUT2D eigenvalue weighted by Crippen LogP contribution is -2.32. The first-order valence-corrected chi connectivity index (χ1v) is 15.4. The predicted octanol–water partition coefficient (Wildman–Crippen LogP) is 7.58. The molecule has 206 valence electrons. The Morgan fingerprint density at radius 3 is 2.34 bits per heavy atom. The number of halogens is 1. The van der Waals surface area contributed by atoms with Crippen molar-refractivity contribution in [1.82, 2.24) is 5.01 Å². The molecule has 1 aliphatic carbocycles. The molecule has 6 rings (SSSR count). The third kappa shape index (κ3) is 5.69. The van der Waals surface area contributed by atoms with Crippen LogP contribution in [0.15, 0.2) is 125 Å². The number of nitrogens with one attached hydrogen (secondary N) is 1. The number of carbonyl (C=O) groups excluding carboxylic acids is 1. The second kappa shape index (κ2) is 11.4. The highest BCUT2D eigenvalue weighted by atomic mass is 35.5. The summed E-state index contributed by atoms with van der Waals surface area (Å²) >= 11 is 5.94. The van der Waals surface area contributed by atoms with E-state index in [1.807, 2.05) is 48.5 Å². The summed E-state index contributed by atoms with van der Waals surface area (Å²) in [6, 6.07) is 32.3. The summed E-state index contributed by atoms with van der Waals surface area (Å²) in [4.78, 5) is 14.1. The Labute approximate surface area is 245 Å². The van der Waals surface area contributed by atoms with Gasteiger partial charge in [-0.15, -0.1) is 0 Å². The highest BCUT2D eigenvalue weighted by molar-refractivity contribution is 7.92. The number of carbonyl (C=O) groups is 1. The molecule has 0 aromatic heterocycles. The minimum absolute atomic E-state index is 0.0107. The van der Waals surface area contributed by atoms with Gasteiger partial charge in [-0.25, -0.2) is 13.4 Å². The van der Waals surface area contributed by atoms with Crippen LogP contribution < -0.4 is 4.72 Å². The highest BCUT2D eigenvalue weighted by Crippen LogP contribution is 2.45. The fourth-order valence-corrected chi connectivity index (χ4v) is 6.79. The number of nitrogens with zero attached hydrogens (tertiary/aromatic N) is 2. The van der Waals surface area contributed by atoms with Crippen molar-refractivity contribution in [3.05, 3.63) is 136 Å². The first-order chi connectivity index (χ1) is 19.9. The smallest absolute Gasteiger partial charge is 0.274 e. The first-order valence-electron chi connectivity index (χ1n) is 13.5. The summed E-state index contributed by atoms with van der Waals surface area (Å²) < 4.78 is 28.9.